The van der Waals surface area contributed by atoms with Crippen molar-refractivity contribution in [2.45, 2.75) is 51.8 Å². The summed E-state index contributed by atoms with van der Waals surface area (Å²) in [6, 6.07) is 16.6. The normalized spacial score (nSPS) is 18.5. The molecule has 0 saturated heterocycles. The van der Waals surface area contributed by atoms with Gasteiger partial charge in [0.1, 0.15) is 29.9 Å². The van der Waals surface area contributed by atoms with Gasteiger partial charge in [-0.05, 0) is 60.4 Å². The van der Waals surface area contributed by atoms with Crippen LogP contribution in [-0.4, -0.2) is 35.3 Å². The Bertz CT molecular complexity index is 1320. The van der Waals surface area contributed by atoms with Crippen molar-refractivity contribution in [3.05, 3.63) is 83.7 Å². The van der Waals surface area contributed by atoms with E-state index < -0.39 is 0 Å². The molecule has 192 valence electrons. The van der Waals surface area contributed by atoms with E-state index in [9.17, 15) is 4.79 Å². The molecular weight excluding hydrogens is 462 g/mol. The van der Waals surface area contributed by atoms with Gasteiger partial charge in [-0.25, -0.2) is 4.68 Å². The van der Waals surface area contributed by atoms with Gasteiger partial charge in [-0.2, -0.15) is 5.10 Å². The highest BCUT2D eigenvalue weighted by Gasteiger charge is 2.32. The highest BCUT2D eigenvalue weighted by atomic mass is 16.5. The molecule has 0 fully saturated rings. The number of ether oxygens (including phenoxy) is 1. The van der Waals surface area contributed by atoms with Crippen molar-refractivity contribution in [2.24, 2.45) is 0 Å². The Morgan fingerprint density at radius 3 is 2.59 bits per heavy atom. The summed E-state index contributed by atoms with van der Waals surface area (Å²) in [6.07, 6.45) is 6.84. The van der Waals surface area contributed by atoms with Crippen LogP contribution in [0.2, 0.25) is 0 Å². The Balaban J connectivity index is 1.45. The Morgan fingerprint density at radius 1 is 1.16 bits per heavy atom. The largest absolute Gasteiger partial charge is 0.489 e. The van der Waals surface area contributed by atoms with Gasteiger partial charge in [0.2, 0.25) is 5.91 Å². The fourth-order valence-corrected chi connectivity index (χ4v) is 4.87. The van der Waals surface area contributed by atoms with Crippen molar-refractivity contribution >= 4 is 17.3 Å². The first-order valence-electron chi connectivity index (χ1n) is 13.0. The molecule has 2 atom stereocenters. The fourth-order valence-electron chi connectivity index (χ4n) is 4.87. The van der Waals surface area contributed by atoms with Crippen LogP contribution in [0, 0.1) is 0 Å². The number of carbonyl (C=O) groups is 1. The average Bonchev–Trinajstić information content (AvgIpc) is 3.32. The maximum atomic E-state index is 12.6. The first kappa shape index (κ1) is 24.7. The quantitative estimate of drug-likeness (QED) is 0.416. The number of dihydropyridines is 1. The lowest BCUT2D eigenvalue weighted by Gasteiger charge is -2.25. The number of nitrogens with zero attached hydrogens (tertiary/aromatic N) is 2. The van der Waals surface area contributed by atoms with Gasteiger partial charge in [-0.3, -0.25) is 4.79 Å². The van der Waals surface area contributed by atoms with Crippen LogP contribution in [0.4, 0.5) is 5.82 Å². The number of amides is 1. The van der Waals surface area contributed by atoms with Gasteiger partial charge in [0.25, 0.3) is 0 Å². The zero-order chi connectivity index (χ0) is 25.9. The summed E-state index contributed by atoms with van der Waals surface area (Å²) in [5, 5.41) is 14.6. The van der Waals surface area contributed by atoms with Crippen molar-refractivity contribution in [1.29, 1.82) is 0 Å². The van der Waals surface area contributed by atoms with Crippen LogP contribution in [0.5, 0.6) is 5.75 Å². The number of allylic oxidation sites excluding steroid dienone is 2. The zero-order valence-corrected chi connectivity index (χ0v) is 21.9. The Morgan fingerprint density at radius 2 is 1.92 bits per heavy atom. The molecule has 7 nitrogen and oxygen atoms in total. The molecule has 3 aromatic rings. The number of likely N-dealkylation sites (N-methyl/N-ethyl adjacent to an activating group) is 1. The predicted octanol–water partition coefficient (Wildman–Crippen LogP) is 5.24. The van der Waals surface area contributed by atoms with Gasteiger partial charge < -0.3 is 20.7 Å². The van der Waals surface area contributed by atoms with Gasteiger partial charge >= 0.3 is 0 Å². The van der Waals surface area contributed by atoms with Crippen LogP contribution >= 0.6 is 0 Å². The molecule has 2 aromatic carbocycles. The smallest absolute Gasteiger partial charge is 0.244 e. The van der Waals surface area contributed by atoms with Gasteiger partial charge in [0.15, 0.2) is 0 Å². The van der Waals surface area contributed by atoms with E-state index >= 15 is 0 Å². The molecule has 3 heterocycles. The minimum Gasteiger partial charge on any atom is -0.489 e. The topological polar surface area (TPSA) is 80.2 Å². The molecular formula is C30H35N5O2. The standard InChI is InChI=1S/C30H35N5O2/c1-19(2)22-7-5-21(6-8-22)18-37-25-11-9-23(10-12-25)27-28(24-13-15-32-20(3)17-24)34-35-26(30(36)31-4)14-16-33-29(27)35/h5-13,15,17,19-20,26,32-33H,14,16,18H2,1-4H3,(H,31,36). The number of rotatable bonds is 7. The van der Waals surface area contributed by atoms with Crippen LogP contribution < -0.4 is 20.7 Å². The van der Waals surface area contributed by atoms with Gasteiger partial charge in [-0.15, -0.1) is 0 Å². The van der Waals surface area contributed by atoms with Crippen LogP contribution in [0.15, 0.2) is 66.9 Å². The predicted molar refractivity (Wildman–Crippen MR) is 148 cm³/mol. The summed E-state index contributed by atoms with van der Waals surface area (Å²) >= 11 is 0. The number of hydrogen-bond donors (Lipinski definition) is 3. The Labute approximate surface area is 218 Å². The van der Waals surface area contributed by atoms with Crippen molar-refractivity contribution in [1.82, 2.24) is 20.4 Å². The van der Waals surface area contributed by atoms with E-state index in [-0.39, 0.29) is 18.0 Å². The monoisotopic (exact) mass is 497 g/mol. The molecule has 0 bridgehead atoms. The number of hydrogen-bond acceptors (Lipinski definition) is 5. The minimum absolute atomic E-state index is 0.0308. The molecule has 5 rings (SSSR count). The van der Waals surface area contributed by atoms with Crippen molar-refractivity contribution in [2.75, 3.05) is 18.9 Å². The highest BCUT2D eigenvalue weighted by molar-refractivity contribution is 5.91. The van der Waals surface area contributed by atoms with Gasteiger partial charge in [0.05, 0.1) is 5.56 Å². The molecule has 2 aliphatic rings. The molecule has 1 aromatic heterocycles. The molecule has 0 saturated carbocycles. The summed E-state index contributed by atoms with van der Waals surface area (Å²) in [7, 11) is 1.67. The van der Waals surface area contributed by atoms with Gasteiger partial charge in [0, 0.05) is 25.2 Å². The van der Waals surface area contributed by atoms with Crippen LogP contribution in [0.25, 0.3) is 16.7 Å². The van der Waals surface area contributed by atoms with Crippen molar-refractivity contribution in [3.63, 3.8) is 0 Å². The number of carbonyl (C=O) groups excluding carboxylic acids is 1. The molecule has 0 aliphatic carbocycles. The summed E-state index contributed by atoms with van der Waals surface area (Å²) in [6.45, 7) is 7.73. The maximum absolute atomic E-state index is 12.6. The SMILES string of the molecule is CNC(=O)C1CCNc2c(-c3ccc(OCc4ccc(C(C)C)cc4)cc3)c(C3=CC(C)NC=C3)nn21. The number of nitrogens with one attached hydrogen (secondary N) is 3. The molecule has 2 aliphatic heterocycles. The van der Waals surface area contributed by atoms with E-state index in [0.29, 0.717) is 25.5 Å². The third-order valence-corrected chi connectivity index (χ3v) is 6.98. The second kappa shape index (κ2) is 10.5. The average molecular weight is 498 g/mol. The van der Waals surface area contributed by atoms with Crippen molar-refractivity contribution < 1.29 is 9.53 Å². The molecule has 0 radical (unpaired) electrons. The van der Waals surface area contributed by atoms with E-state index in [1.54, 1.807) is 7.05 Å². The molecule has 3 N–H and O–H groups in total. The third-order valence-electron chi connectivity index (χ3n) is 6.98. The van der Waals surface area contributed by atoms with E-state index in [0.717, 1.165) is 39.5 Å². The highest BCUT2D eigenvalue weighted by Crippen LogP contribution is 2.40. The summed E-state index contributed by atoms with van der Waals surface area (Å²) in [4.78, 5) is 12.6. The van der Waals surface area contributed by atoms with Crippen LogP contribution in [0.3, 0.4) is 0 Å². The number of aromatic nitrogens is 2. The van der Waals surface area contributed by atoms with E-state index in [4.69, 9.17) is 9.84 Å². The van der Waals surface area contributed by atoms with E-state index in [1.807, 2.05) is 29.1 Å². The summed E-state index contributed by atoms with van der Waals surface area (Å²) in [5.74, 6) is 2.17. The summed E-state index contributed by atoms with van der Waals surface area (Å²) < 4.78 is 7.93. The first-order valence-corrected chi connectivity index (χ1v) is 13.0. The third kappa shape index (κ3) is 5.12. The molecule has 7 heteroatoms. The first-order chi connectivity index (χ1) is 17.9. The van der Waals surface area contributed by atoms with Crippen molar-refractivity contribution in [3.8, 4) is 16.9 Å². The second-order valence-electron chi connectivity index (χ2n) is 9.98. The lowest BCUT2D eigenvalue weighted by molar-refractivity contribution is -0.124. The Kier molecular flexibility index (Phi) is 7.04. The molecule has 0 spiro atoms. The second-order valence-corrected chi connectivity index (χ2v) is 9.98. The number of fused-ring (bicyclic) bond motifs is 1. The fraction of sp³-hybridized carbons (Fsp3) is 0.333. The van der Waals surface area contributed by atoms with Crippen LogP contribution in [0.1, 0.15) is 56.0 Å². The lowest BCUT2D eigenvalue weighted by atomic mass is 9.97. The van der Waals surface area contributed by atoms with E-state index in [2.05, 4.69) is 79.2 Å². The maximum Gasteiger partial charge on any atom is 0.244 e. The lowest BCUT2D eigenvalue weighted by Crippen LogP contribution is -2.35. The zero-order valence-electron chi connectivity index (χ0n) is 21.9. The molecule has 2 unspecified atom stereocenters. The minimum atomic E-state index is -0.345. The molecule has 37 heavy (non-hydrogen) atoms. The summed E-state index contributed by atoms with van der Waals surface area (Å²) in [5.41, 5.74) is 6.39. The number of benzene rings is 2. The Hall–Kier alpha value is -4.00. The van der Waals surface area contributed by atoms with E-state index in [1.165, 1.54) is 5.56 Å². The van der Waals surface area contributed by atoms with Gasteiger partial charge in [-0.1, -0.05) is 56.3 Å². The number of anilines is 1. The molecule has 1 amide bonds. The van der Waals surface area contributed by atoms with Crippen LogP contribution in [-0.2, 0) is 11.4 Å².